The molecule has 3 aliphatic carbocycles. The summed E-state index contributed by atoms with van der Waals surface area (Å²) in [6.07, 6.45) is 10.6. The molecular weight excluding hydrogens is 667 g/mol. The van der Waals surface area contributed by atoms with E-state index < -0.39 is 0 Å². The molecule has 0 N–H and O–H groups in total. The summed E-state index contributed by atoms with van der Waals surface area (Å²) in [5.41, 5.74) is 21.2. The van der Waals surface area contributed by atoms with Crippen LogP contribution in [0, 0.1) is 0 Å². The molecule has 8 aromatic rings. The zero-order valence-electron chi connectivity index (χ0n) is 30.2. The quantitative estimate of drug-likeness (QED) is 0.179. The molecule has 0 fully saturated rings. The van der Waals surface area contributed by atoms with Gasteiger partial charge in [-0.3, -0.25) is 9.97 Å². The van der Waals surface area contributed by atoms with E-state index in [4.69, 9.17) is 4.98 Å². The second-order valence-electron chi connectivity index (χ2n) is 14.6. The highest BCUT2D eigenvalue weighted by Gasteiger charge is 2.52. The molecule has 1 spiro atoms. The first-order valence-corrected chi connectivity index (χ1v) is 19.1. The van der Waals surface area contributed by atoms with Crippen LogP contribution in [0.15, 0.2) is 194 Å². The lowest BCUT2D eigenvalue weighted by Crippen LogP contribution is -2.27. The van der Waals surface area contributed by atoms with Crippen molar-refractivity contribution in [2.45, 2.75) is 18.3 Å². The predicted octanol–water partition coefficient (Wildman–Crippen LogP) is 12.6. The van der Waals surface area contributed by atoms with Gasteiger partial charge < -0.3 is 0 Å². The lowest BCUT2D eigenvalue weighted by atomic mass is 9.68. The lowest BCUT2D eigenvalue weighted by Gasteiger charge is -2.32. The number of hydrogen-bond donors (Lipinski definition) is 0. The van der Waals surface area contributed by atoms with E-state index in [1.54, 1.807) is 0 Å². The highest BCUT2D eigenvalue weighted by Crippen LogP contribution is 2.63. The van der Waals surface area contributed by atoms with E-state index >= 15 is 0 Å². The van der Waals surface area contributed by atoms with Gasteiger partial charge in [-0.1, -0.05) is 133 Å². The van der Waals surface area contributed by atoms with Crippen molar-refractivity contribution in [3.8, 4) is 67.3 Å². The van der Waals surface area contributed by atoms with Crippen LogP contribution in [0.1, 0.15) is 35.1 Å². The Morgan fingerprint density at radius 1 is 0.400 bits per heavy atom. The van der Waals surface area contributed by atoms with E-state index in [-0.39, 0.29) is 5.41 Å². The van der Waals surface area contributed by atoms with Crippen LogP contribution in [0.5, 0.6) is 0 Å². The zero-order chi connectivity index (χ0) is 36.3. The third-order valence-corrected chi connectivity index (χ3v) is 11.7. The fourth-order valence-electron chi connectivity index (χ4n) is 9.36. The number of allylic oxidation sites excluding steroid dienone is 4. The van der Waals surface area contributed by atoms with Gasteiger partial charge in [0, 0.05) is 12.4 Å². The third kappa shape index (κ3) is 4.86. The van der Waals surface area contributed by atoms with Crippen molar-refractivity contribution in [1.82, 2.24) is 15.0 Å². The third-order valence-electron chi connectivity index (χ3n) is 11.7. The van der Waals surface area contributed by atoms with Crippen LogP contribution >= 0.6 is 0 Å². The van der Waals surface area contributed by atoms with Crippen LogP contribution < -0.4 is 0 Å². The molecular formula is C52H35N3. The Morgan fingerprint density at radius 3 is 1.56 bits per heavy atom. The van der Waals surface area contributed by atoms with Gasteiger partial charge in [0.25, 0.3) is 0 Å². The van der Waals surface area contributed by atoms with Gasteiger partial charge in [0.15, 0.2) is 0 Å². The molecule has 55 heavy (non-hydrogen) atoms. The van der Waals surface area contributed by atoms with E-state index in [0.717, 1.165) is 46.7 Å². The molecule has 0 aliphatic heterocycles. The van der Waals surface area contributed by atoms with Crippen molar-refractivity contribution < 1.29 is 0 Å². The highest BCUT2D eigenvalue weighted by molar-refractivity contribution is 5.97. The Labute approximate surface area is 321 Å². The fraction of sp³-hybridized carbons (Fsp3) is 0.0577. The molecule has 3 heteroatoms. The molecule has 0 saturated carbocycles. The van der Waals surface area contributed by atoms with E-state index in [1.807, 2.05) is 48.8 Å². The second kappa shape index (κ2) is 12.6. The van der Waals surface area contributed by atoms with Crippen molar-refractivity contribution in [2.24, 2.45) is 0 Å². The summed E-state index contributed by atoms with van der Waals surface area (Å²) in [5.74, 6) is 0. The largest absolute Gasteiger partial charge is 0.255 e. The van der Waals surface area contributed by atoms with Crippen LogP contribution in [-0.4, -0.2) is 15.0 Å². The van der Waals surface area contributed by atoms with Gasteiger partial charge in [-0.05, 0) is 133 Å². The first-order valence-electron chi connectivity index (χ1n) is 19.1. The minimum Gasteiger partial charge on any atom is -0.255 e. The van der Waals surface area contributed by atoms with Crippen LogP contribution in [-0.2, 0) is 5.41 Å². The van der Waals surface area contributed by atoms with Gasteiger partial charge in [0.05, 0.1) is 28.2 Å². The number of pyridine rings is 3. The minimum atomic E-state index is -0.325. The molecule has 0 saturated heterocycles. The summed E-state index contributed by atoms with van der Waals surface area (Å²) >= 11 is 0. The summed E-state index contributed by atoms with van der Waals surface area (Å²) in [6, 6.07) is 59.3. The molecule has 0 atom stereocenters. The van der Waals surface area contributed by atoms with Gasteiger partial charge >= 0.3 is 0 Å². The van der Waals surface area contributed by atoms with Crippen molar-refractivity contribution in [3.63, 3.8) is 0 Å². The second-order valence-corrected chi connectivity index (χ2v) is 14.6. The number of fused-ring (bicyclic) bond motifs is 9. The van der Waals surface area contributed by atoms with Crippen molar-refractivity contribution in [1.29, 1.82) is 0 Å². The Morgan fingerprint density at radius 2 is 0.945 bits per heavy atom. The predicted molar refractivity (Wildman–Crippen MR) is 224 cm³/mol. The molecule has 5 aromatic carbocycles. The summed E-state index contributed by atoms with van der Waals surface area (Å²) in [7, 11) is 0. The SMILES string of the molecule is C1=CC2=C(CC1)c1ccc(-c3ccccc3-c3ccc(-c4cc(-c5ccccn5)nc(-c5ccccn5)c4)cc3)cc1C21c2ccccc2-c2ccccc21. The standard InChI is InChI=1S/C52H35N3/c1-2-14-39(36-27-28-43-42-17-5-8-20-46(42)52(47(43)31-36)44-18-6-3-15-40(44)41-16-4-7-19-45(41)52)38(13-1)35-25-23-34(24-26-35)37-32-50(48-21-9-11-29-53-48)55-51(33-37)49-22-10-12-30-54-49/h1-4,6-16,18-33H,5,17H2. The molecule has 0 bridgehead atoms. The molecule has 3 aromatic heterocycles. The van der Waals surface area contributed by atoms with E-state index in [2.05, 4.69) is 150 Å². The highest BCUT2D eigenvalue weighted by atomic mass is 14.8. The van der Waals surface area contributed by atoms with Crippen LogP contribution in [0.3, 0.4) is 0 Å². The summed E-state index contributed by atoms with van der Waals surface area (Å²) in [6.45, 7) is 0. The molecule has 3 aliphatic rings. The van der Waals surface area contributed by atoms with Crippen LogP contribution in [0.4, 0.5) is 0 Å². The van der Waals surface area contributed by atoms with Gasteiger partial charge in [-0.15, -0.1) is 0 Å². The number of nitrogens with zero attached hydrogens (tertiary/aromatic N) is 3. The first-order chi connectivity index (χ1) is 27.3. The molecule has 0 amide bonds. The van der Waals surface area contributed by atoms with Gasteiger partial charge in [-0.2, -0.15) is 0 Å². The van der Waals surface area contributed by atoms with E-state index in [9.17, 15) is 0 Å². The average molecular weight is 702 g/mol. The monoisotopic (exact) mass is 701 g/mol. The number of aromatic nitrogens is 3. The van der Waals surface area contributed by atoms with Crippen molar-refractivity contribution >= 4 is 5.57 Å². The summed E-state index contributed by atoms with van der Waals surface area (Å²) < 4.78 is 0. The van der Waals surface area contributed by atoms with Crippen LogP contribution in [0.2, 0.25) is 0 Å². The average Bonchev–Trinajstić information content (AvgIpc) is 3.74. The minimum absolute atomic E-state index is 0.325. The Balaban J connectivity index is 1.02. The van der Waals surface area contributed by atoms with E-state index in [1.165, 1.54) is 66.8 Å². The maximum Gasteiger partial charge on any atom is 0.0900 e. The smallest absolute Gasteiger partial charge is 0.0900 e. The lowest BCUT2D eigenvalue weighted by molar-refractivity contribution is 0.781. The van der Waals surface area contributed by atoms with Gasteiger partial charge in [-0.25, -0.2) is 4.98 Å². The zero-order valence-corrected chi connectivity index (χ0v) is 30.2. The molecule has 11 rings (SSSR count). The Kier molecular flexibility index (Phi) is 7.21. The van der Waals surface area contributed by atoms with Crippen molar-refractivity contribution in [3.05, 3.63) is 216 Å². The summed E-state index contributed by atoms with van der Waals surface area (Å²) in [4.78, 5) is 14.2. The molecule has 0 unspecified atom stereocenters. The number of rotatable bonds is 5. The van der Waals surface area contributed by atoms with E-state index in [0.29, 0.717) is 0 Å². The maximum absolute atomic E-state index is 4.98. The van der Waals surface area contributed by atoms with Gasteiger partial charge in [0.2, 0.25) is 0 Å². The first kappa shape index (κ1) is 31.5. The van der Waals surface area contributed by atoms with Crippen molar-refractivity contribution in [2.75, 3.05) is 0 Å². The molecule has 0 radical (unpaired) electrons. The normalized spacial score (nSPS) is 14.4. The fourth-order valence-corrected chi connectivity index (χ4v) is 9.36. The topological polar surface area (TPSA) is 38.7 Å². The van der Waals surface area contributed by atoms with Crippen LogP contribution in [0.25, 0.3) is 72.9 Å². The molecule has 3 heterocycles. The number of hydrogen-bond acceptors (Lipinski definition) is 3. The Hall–Kier alpha value is -6.97. The molecule has 258 valence electrons. The Bertz CT molecular complexity index is 2750. The maximum atomic E-state index is 4.98. The van der Waals surface area contributed by atoms with Gasteiger partial charge in [0.1, 0.15) is 0 Å². The molecule has 3 nitrogen and oxygen atoms in total. The summed E-state index contributed by atoms with van der Waals surface area (Å²) in [5, 5.41) is 0. The number of benzene rings is 5.